The van der Waals surface area contributed by atoms with Crippen molar-refractivity contribution < 1.29 is 0 Å². The molecule has 0 aliphatic carbocycles. The summed E-state index contributed by atoms with van der Waals surface area (Å²) in [6, 6.07) is 6.45. The predicted molar refractivity (Wildman–Crippen MR) is 71.4 cm³/mol. The number of nitrogens with two attached hydrogens (primary N) is 1. The fraction of sp³-hybridized carbons (Fsp3) is 0.385. The molecule has 18 heavy (non-hydrogen) atoms. The maximum atomic E-state index is 5.65. The summed E-state index contributed by atoms with van der Waals surface area (Å²) in [6.45, 7) is 2.10. The van der Waals surface area contributed by atoms with E-state index in [4.69, 9.17) is 5.73 Å². The number of anilines is 2. The van der Waals surface area contributed by atoms with Gasteiger partial charge in [0, 0.05) is 37.4 Å². The molecule has 1 saturated heterocycles. The summed E-state index contributed by atoms with van der Waals surface area (Å²) in [5, 5.41) is 4.30. The molecule has 94 valence electrons. The highest BCUT2D eigenvalue weighted by Gasteiger charge is 2.21. The van der Waals surface area contributed by atoms with Crippen LogP contribution in [-0.2, 0) is 0 Å². The van der Waals surface area contributed by atoms with Gasteiger partial charge in [-0.3, -0.25) is 9.67 Å². The molecule has 0 amide bonds. The summed E-state index contributed by atoms with van der Waals surface area (Å²) in [5.41, 5.74) is 6.91. The first-order valence-electron chi connectivity index (χ1n) is 6.28. The second-order valence-corrected chi connectivity index (χ2v) is 4.64. The lowest BCUT2D eigenvalue weighted by Gasteiger charge is -2.33. The highest BCUT2D eigenvalue weighted by molar-refractivity contribution is 5.44. The summed E-state index contributed by atoms with van der Waals surface area (Å²) in [5.74, 6) is 0.603. The third kappa shape index (κ3) is 2.16. The molecule has 5 heteroatoms. The molecule has 3 heterocycles. The van der Waals surface area contributed by atoms with Crippen LogP contribution in [-0.4, -0.2) is 27.9 Å². The van der Waals surface area contributed by atoms with Gasteiger partial charge in [-0.25, -0.2) is 0 Å². The number of nitrogen functional groups attached to an aromatic ring is 1. The normalized spacial score (nSPS) is 17.0. The summed E-state index contributed by atoms with van der Waals surface area (Å²) in [7, 11) is 0. The second kappa shape index (κ2) is 4.68. The van der Waals surface area contributed by atoms with Gasteiger partial charge in [0.05, 0.1) is 6.04 Å². The largest absolute Gasteiger partial charge is 0.382 e. The lowest BCUT2D eigenvalue weighted by Crippen LogP contribution is -2.34. The summed E-state index contributed by atoms with van der Waals surface area (Å²) < 4.78 is 2.00. The van der Waals surface area contributed by atoms with Crippen LogP contribution in [0.2, 0.25) is 0 Å². The Hall–Kier alpha value is -2.04. The fourth-order valence-electron chi connectivity index (χ4n) is 2.50. The lowest BCUT2D eigenvalue weighted by atomic mass is 10.0. The Morgan fingerprint density at radius 1 is 1.11 bits per heavy atom. The van der Waals surface area contributed by atoms with Crippen LogP contribution in [0.15, 0.2) is 36.8 Å². The zero-order valence-corrected chi connectivity index (χ0v) is 10.2. The molecule has 0 bridgehead atoms. The highest BCUT2D eigenvalue weighted by atomic mass is 15.3. The van der Waals surface area contributed by atoms with Crippen molar-refractivity contribution in [3.63, 3.8) is 0 Å². The van der Waals surface area contributed by atoms with Gasteiger partial charge < -0.3 is 10.6 Å². The molecule has 0 unspecified atom stereocenters. The maximum Gasteiger partial charge on any atom is 0.145 e. The monoisotopic (exact) mass is 243 g/mol. The molecule has 2 N–H and O–H groups in total. The van der Waals surface area contributed by atoms with E-state index in [1.807, 2.05) is 29.3 Å². The molecular formula is C13H17N5. The Bertz CT molecular complexity index is 499. The SMILES string of the molecule is Nc1ccn(C2CCN(c3ccncc3)CC2)n1. The van der Waals surface area contributed by atoms with E-state index < -0.39 is 0 Å². The Labute approximate surface area is 106 Å². The number of hydrogen-bond donors (Lipinski definition) is 1. The minimum atomic E-state index is 0.473. The number of nitrogens with zero attached hydrogens (tertiary/aromatic N) is 4. The summed E-state index contributed by atoms with van der Waals surface area (Å²) in [6.07, 6.45) is 7.86. The molecule has 1 aliphatic heterocycles. The molecule has 1 fully saturated rings. The van der Waals surface area contributed by atoms with Crippen LogP contribution in [0.4, 0.5) is 11.5 Å². The molecule has 0 spiro atoms. The van der Waals surface area contributed by atoms with Crippen molar-refractivity contribution in [3.8, 4) is 0 Å². The molecule has 0 atom stereocenters. The number of pyridine rings is 1. The summed E-state index contributed by atoms with van der Waals surface area (Å²) in [4.78, 5) is 6.44. The van der Waals surface area contributed by atoms with E-state index >= 15 is 0 Å². The van der Waals surface area contributed by atoms with Crippen molar-refractivity contribution in [1.82, 2.24) is 14.8 Å². The van der Waals surface area contributed by atoms with E-state index in [0.29, 0.717) is 11.9 Å². The van der Waals surface area contributed by atoms with Gasteiger partial charge in [-0.15, -0.1) is 0 Å². The van der Waals surface area contributed by atoms with Crippen molar-refractivity contribution in [3.05, 3.63) is 36.8 Å². The van der Waals surface area contributed by atoms with E-state index in [1.165, 1.54) is 5.69 Å². The lowest BCUT2D eigenvalue weighted by molar-refractivity contribution is 0.368. The highest BCUT2D eigenvalue weighted by Crippen LogP contribution is 2.25. The van der Waals surface area contributed by atoms with Crippen molar-refractivity contribution in [1.29, 1.82) is 0 Å². The number of aromatic nitrogens is 3. The van der Waals surface area contributed by atoms with E-state index in [1.54, 1.807) is 0 Å². The first-order valence-corrected chi connectivity index (χ1v) is 6.28. The number of hydrogen-bond acceptors (Lipinski definition) is 4. The Morgan fingerprint density at radius 3 is 2.44 bits per heavy atom. The minimum Gasteiger partial charge on any atom is -0.382 e. The molecule has 0 radical (unpaired) electrons. The third-order valence-electron chi connectivity index (χ3n) is 3.50. The molecule has 2 aromatic heterocycles. The smallest absolute Gasteiger partial charge is 0.145 e. The van der Waals surface area contributed by atoms with E-state index in [0.717, 1.165) is 25.9 Å². The molecule has 0 aromatic carbocycles. The summed E-state index contributed by atoms with van der Waals surface area (Å²) >= 11 is 0. The van der Waals surface area contributed by atoms with Crippen molar-refractivity contribution in [2.75, 3.05) is 23.7 Å². The van der Waals surface area contributed by atoms with Crippen molar-refractivity contribution in [2.45, 2.75) is 18.9 Å². The molecule has 2 aromatic rings. The fourth-order valence-corrected chi connectivity index (χ4v) is 2.50. The maximum absolute atomic E-state index is 5.65. The van der Waals surface area contributed by atoms with Gasteiger partial charge in [0.2, 0.25) is 0 Å². The molecule has 3 rings (SSSR count). The van der Waals surface area contributed by atoms with Crippen LogP contribution in [0, 0.1) is 0 Å². The molecular weight excluding hydrogens is 226 g/mol. The first-order chi connectivity index (χ1) is 8.83. The minimum absolute atomic E-state index is 0.473. The average Bonchev–Trinajstić information content (AvgIpc) is 2.87. The van der Waals surface area contributed by atoms with Gasteiger partial charge in [-0.2, -0.15) is 5.10 Å². The predicted octanol–water partition coefficient (Wildman–Crippen LogP) is 1.70. The van der Waals surface area contributed by atoms with Crippen LogP contribution in [0.1, 0.15) is 18.9 Å². The van der Waals surface area contributed by atoms with Gasteiger partial charge in [0.1, 0.15) is 5.82 Å². The molecule has 5 nitrogen and oxygen atoms in total. The topological polar surface area (TPSA) is 60.0 Å². The van der Waals surface area contributed by atoms with Crippen LogP contribution >= 0.6 is 0 Å². The average molecular weight is 243 g/mol. The van der Waals surface area contributed by atoms with E-state index in [-0.39, 0.29) is 0 Å². The Kier molecular flexibility index (Phi) is 2.88. The van der Waals surface area contributed by atoms with Crippen molar-refractivity contribution in [2.24, 2.45) is 0 Å². The van der Waals surface area contributed by atoms with Crippen LogP contribution in [0.3, 0.4) is 0 Å². The number of rotatable bonds is 2. The number of piperidine rings is 1. The Balaban J connectivity index is 1.65. The quantitative estimate of drug-likeness (QED) is 0.872. The third-order valence-corrected chi connectivity index (χ3v) is 3.50. The first kappa shape index (κ1) is 11.1. The van der Waals surface area contributed by atoms with Crippen LogP contribution in [0.25, 0.3) is 0 Å². The van der Waals surface area contributed by atoms with Gasteiger partial charge in [-0.05, 0) is 31.0 Å². The van der Waals surface area contributed by atoms with Crippen LogP contribution in [0.5, 0.6) is 0 Å². The zero-order chi connectivity index (χ0) is 12.4. The van der Waals surface area contributed by atoms with E-state index in [2.05, 4.69) is 27.1 Å². The van der Waals surface area contributed by atoms with Crippen LogP contribution < -0.4 is 10.6 Å². The van der Waals surface area contributed by atoms with Gasteiger partial charge in [-0.1, -0.05) is 0 Å². The zero-order valence-electron chi connectivity index (χ0n) is 10.2. The Morgan fingerprint density at radius 2 is 1.83 bits per heavy atom. The standard InChI is InChI=1S/C13H17N5/c14-13-5-10-18(16-13)12-3-8-17(9-4-12)11-1-6-15-7-2-11/h1-2,5-7,10,12H,3-4,8-9H2,(H2,14,16). The van der Waals surface area contributed by atoms with Crippen molar-refractivity contribution >= 4 is 11.5 Å². The van der Waals surface area contributed by atoms with Gasteiger partial charge in [0.15, 0.2) is 0 Å². The second-order valence-electron chi connectivity index (χ2n) is 4.64. The molecule has 1 aliphatic rings. The van der Waals surface area contributed by atoms with E-state index in [9.17, 15) is 0 Å². The van der Waals surface area contributed by atoms with Gasteiger partial charge >= 0.3 is 0 Å². The molecule has 0 saturated carbocycles. The van der Waals surface area contributed by atoms with Gasteiger partial charge in [0.25, 0.3) is 0 Å².